The van der Waals surface area contributed by atoms with E-state index in [1.165, 1.54) is 0 Å². The predicted octanol–water partition coefficient (Wildman–Crippen LogP) is 1.16. The molecule has 0 aromatic carbocycles. The van der Waals surface area contributed by atoms with Gasteiger partial charge in [0.1, 0.15) is 5.76 Å². The Kier molecular flexibility index (Phi) is 2.24. The maximum atomic E-state index is 12.2. The van der Waals surface area contributed by atoms with Crippen molar-refractivity contribution >= 4 is 5.91 Å². The molecule has 0 bridgehead atoms. The number of rotatable bonds is 1. The van der Waals surface area contributed by atoms with E-state index in [4.69, 9.17) is 4.42 Å². The molecule has 2 unspecified atom stereocenters. The first-order valence-electron chi connectivity index (χ1n) is 5.86. The first-order valence-corrected chi connectivity index (χ1v) is 5.86. The number of amides is 1. The summed E-state index contributed by atoms with van der Waals surface area (Å²) in [7, 11) is 0. The summed E-state index contributed by atoms with van der Waals surface area (Å²) in [4.78, 5) is 14.2. The highest BCUT2D eigenvalue weighted by Gasteiger charge is 2.43. The molecule has 2 aliphatic heterocycles. The summed E-state index contributed by atoms with van der Waals surface area (Å²) in [5.74, 6) is 0.841. The van der Waals surface area contributed by atoms with Gasteiger partial charge in [0.2, 0.25) is 0 Å². The van der Waals surface area contributed by atoms with Gasteiger partial charge in [-0.25, -0.2) is 0 Å². The maximum absolute atomic E-state index is 12.2. The summed E-state index contributed by atoms with van der Waals surface area (Å²) < 4.78 is 5.18. The van der Waals surface area contributed by atoms with E-state index >= 15 is 0 Å². The highest BCUT2D eigenvalue weighted by atomic mass is 16.3. The molecule has 0 aliphatic carbocycles. The maximum Gasteiger partial charge on any atom is 0.257 e. The minimum absolute atomic E-state index is 0.121. The largest absolute Gasteiger partial charge is 0.469 e. The van der Waals surface area contributed by atoms with Crippen molar-refractivity contribution in [1.29, 1.82) is 0 Å². The molecule has 3 heterocycles. The van der Waals surface area contributed by atoms with E-state index < -0.39 is 0 Å². The standard InChI is InChI=1S/C12H16N2O2/c1-8-9(4-6-16-8)12(15)14-7-10-11(14)3-2-5-13-10/h4,6,10-11,13H,2-3,5,7H2,1H3. The van der Waals surface area contributed by atoms with Gasteiger partial charge in [0.05, 0.1) is 11.8 Å². The fraction of sp³-hybridized carbons (Fsp3) is 0.583. The van der Waals surface area contributed by atoms with Crippen LogP contribution in [0.1, 0.15) is 29.0 Å². The Morgan fingerprint density at radius 2 is 2.50 bits per heavy atom. The first kappa shape index (κ1) is 9.90. The molecular formula is C12H16N2O2. The van der Waals surface area contributed by atoms with Gasteiger partial charge in [0.25, 0.3) is 5.91 Å². The average Bonchev–Trinajstić information content (AvgIpc) is 2.66. The fourth-order valence-corrected chi connectivity index (χ4v) is 2.70. The molecule has 4 heteroatoms. The molecule has 0 radical (unpaired) electrons. The fourth-order valence-electron chi connectivity index (χ4n) is 2.70. The molecule has 2 saturated heterocycles. The first-order chi connectivity index (χ1) is 7.77. The molecule has 86 valence electrons. The number of carbonyl (C=O) groups excluding carboxylic acids is 1. The number of hydrogen-bond acceptors (Lipinski definition) is 3. The molecule has 1 N–H and O–H groups in total. The Bertz CT molecular complexity index is 413. The number of hydrogen-bond donors (Lipinski definition) is 1. The van der Waals surface area contributed by atoms with Gasteiger partial charge in [-0.1, -0.05) is 0 Å². The zero-order valence-electron chi connectivity index (χ0n) is 9.40. The van der Waals surface area contributed by atoms with Crippen LogP contribution in [0.15, 0.2) is 16.7 Å². The van der Waals surface area contributed by atoms with Gasteiger partial charge in [-0.2, -0.15) is 0 Å². The number of aryl methyl sites for hydroxylation is 1. The Labute approximate surface area is 94.6 Å². The van der Waals surface area contributed by atoms with Gasteiger partial charge in [-0.15, -0.1) is 0 Å². The lowest BCUT2D eigenvalue weighted by molar-refractivity contribution is 0.0173. The van der Waals surface area contributed by atoms with Gasteiger partial charge in [-0.3, -0.25) is 4.79 Å². The number of nitrogens with one attached hydrogen (secondary N) is 1. The second-order valence-corrected chi connectivity index (χ2v) is 4.62. The summed E-state index contributed by atoms with van der Waals surface area (Å²) in [5, 5.41) is 3.45. The molecule has 0 spiro atoms. The van der Waals surface area contributed by atoms with Crippen LogP contribution in [0.2, 0.25) is 0 Å². The Morgan fingerprint density at radius 1 is 1.62 bits per heavy atom. The van der Waals surface area contributed by atoms with Crippen LogP contribution in [0.3, 0.4) is 0 Å². The van der Waals surface area contributed by atoms with Crippen molar-refractivity contribution in [2.24, 2.45) is 0 Å². The van der Waals surface area contributed by atoms with E-state index in [1.807, 2.05) is 11.8 Å². The van der Waals surface area contributed by atoms with Gasteiger partial charge in [0, 0.05) is 18.6 Å². The molecule has 3 rings (SSSR count). The second kappa shape index (κ2) is 3.63. The van der Waals surface area contributed by atoms with Crippen LogP contribution in [-0.4, -0.2) is 36.0 Å². The van der Waals surface area contributed by atoms with Crippen molar-refractivity contribution in [2.75, 3.05) is 13.1 Å². The molecule has 1 aromatic rings. The number of piperidine rings is 1. The third-order valence-corrected chi connectivity index (χ3v) is 3.69. The molecule has 1 amide bonds. The van der Waals surface area contributed by atoms with E-state index in [1.54, 1.807) is 12.3 Å². The van der Waals surface area contributed by atoms with Crippen LogP contribution in [0.4, 0.5) is 0 Å². The van der Waals surface area contributed by atoms with Crippen LogP contribution >= 0.6 is 0 Å². The Morgan fingerprint density at radius 3 is 3.19 bits per heavy atom. The van der Waals surface area contributed by atoms with Crippen molar-refractivity contribution in [3.8, 4) is 0 Å². The summed E-state index contributed by atoms with van der Waals surface area (Å²) in [5.41, 5.74) is 0.712. The minimum Gasteiger partial charge on any atom is -0.469 e. The summed E-state index contributed by atoms with van der Waals surface area (Å²) in [6.45, 7) is 3.77. The highest BCUT2D eigenvalue weighted by molar-refractivity contribution is 5.96. The van der Waals surface area contributed by atoms with Gasteiger partial charge >= 0.3 is 0 Å². The van der Waals surface area contributed by atoms with Crippen molar-refractivity contribution in [2.45, 2.75) is 31.8 Å². The van der Waals surface area contributed by atoms with Crippen molar-refractivity contribution in [1.82, 2.24) is 10.2 Å². The van der Waals surface area contributed by atoms with E-state index in [0.717, 1.165) is 31.7 Å². The zero-order chi connectivity index (χ0) is 11.1. The van der Waals surface area contributed by atoms with E-state index in [9.17, 15) is 4.79 Å². The normalized spacial score (nSPS) is 28.4. The van der Waals surface area contributed by atoms with Crippen LogP contribution in [0.5, 0.6) is 0 Å². The highest BCUT2D eigenvalue weighted by Crippen LogP contribution is 2.28. The number of carbonyl (C=O) groups is 1. The second-order valence-electron chi connectivity index (χ2n) is 4.62. The van der Waals surface area contributed by atoms with Gasteiger partial charge < -0.3 is 14.6 Å². The Hall–Kier alpha value is -1.29. The summed E-state index contributed by atoms with van der Waals surface area (Å²) in [6, 6.07) is 2.68. The lowest BCUT2D eigenvalue weighted by Crippen LogP contribution is -2.69. The lowest BCUT2D eigenvalue weighted by Gasteiger charge is -2.51. The third kappa shape index (κ3) is 1.37. The number of likely N-dealkylation sites (tertiary alicyclic amines) is 1. The number of furan rings is 1. The smallest absolute Gasteiger partial charge is 0.257 e. The summed E-state index contributed by atoms with van der Waals surface area (Å²) in [6.07, 6.45) is 3.87. The molecular weight excluding hydrogens is 204 g/mol. The molecule has 1 aromatic heterocycles. The van der Waals surface area contributed by atoms with Crippen molar-refractivity contribution < 1.29 is 9.21 Å². The molecule has 2 aliphatic rings. The molecule has 4 nitrogen and oxygen atoms in total. The van der Waals surface area contributed by atoms with E-state index in [2.05, 4.69) is 5.32 Å². The van der Waals surface area contributed by atoms with Crippen molar-refractivity contribution in [3.05, 3.63) is 23.7 Å². The molecule has 2 atom stereocenters. The topological polar surface area (TPSA) is 45.5 Å². The van der Waals surface area contributed by atoms with Gasteiger partial charge in [0.15, 0.2) is 0 Å². The van der Waals surface area contributed by atoms with E-state index in [-0.39, 0.29) is 5.91 Å². The summed E-state index contributed by atoms with van der Waals surface area (Å²) >= 11 is 0. The number of fused-ring (bicyclic) bond motifs is 1. The predicted molar refractivity (Wildman–Crippen MR) is 59.3 cm³/mol. The minimum atomic E-state index is 0.121. The van der Waals surface area contributed by atoms with Crippen LogP contribution in [0, 0.1) is 6.92 Å². The number of nitrogens with zero attached hydrogens (tertiary/aromatic N) is 1. The zero-order valence-corrected chi connectivity index (χ0v) is 9.40. The van der Waals surface area contributed by atoms with Crippen LogP contribution in [0.25, 0.3) is 0 Å². The average molecular weight is 220 g/mol. The Balaban J connectivity index is 1.75. The lowest BCUT2D eigenvalue weighted by atomic mass is 9.88. The van der Waals surface area contributed by atoms with Crippen LogP contribution in [-0.2, 0) is 0 Å². The van der Waals surface area contributed by atoms with Crippen molar-refractivity contribution in [3.63, 3.8) is 0 Å². The van der Waals surface area contributed by atoms with Crippen LogP contribution < -0.4 is 5.32 Å². The monoisotopic (exact) mass is 220 g/mol. The molecule has 0 saturated carbocycles. The van der Waals surface area contributed by atoms with E-state index in [0.29, 0.717) is 17.6 Å². The molecule has 2 fully saturated rings. The third-order valence-electron chi connectivity index (χ3n) is 3.69. The quantitative estimate of drug-likeness (QED) is 0.772. The molecule has 16 heavy (non-hydrogen) atoms. The SMILES string of the molecule is Cc1occc1C(=O)N1CC2NCCCC21. The van der Waals surface area contributed by atoms with Gasteiger partial charge in [-0.05, 0) is 32.4 Å².